The van der Waals surface area contributed by atoms with Crippen molar-refractivity contribution in [2.75, 3.05) is 36.4 Å². The lowest BCUT2D eigenvalue weighted by Gasteiger charge is -2.36. The third kappa shape index (κ3) is 6.33. The first kappa shape index (κ1) is 33.6. The minimum Gasteiger partial charge on any atom is -0.505 e. The first-order chi connectivity index (χ1) is 24.4. The Morgan fingerprint density at radius 2 is 1.80 bits per heavy atom. The van der Waals surface area contributed by atoms with Crippen LogP contribution in [0.15, 0.2) is 76.1 Å². The molecule has 2 amide bonds. The van der Waals surface area contributed by atoms with Crippen LogP contribution in [-0.4, -0.2) is 72.1 Å². The van der Waals surface area contributed by atoms with Crippen molar-refractivity contribution in [2.24, 2.45) is 0 Å². The van der Waals surface area contributed by atoms with Gasteiger partial charge in [0.05, 0.1) is 22.0 Å². The fraction of sp³-hybridized carbons (Fsp3) is 0.235. The number of pyridine rings is 1. The number of fused-ring (bicyclic) bond motifs is 2. The normalized spacial score (nSPS) is 13.7. The van der Waals surface area contributed by atoms with Gasteiger partial charge in [-0.15, -0.1) is 5.10 Å². The van der Waals surface area contributed by atoms with E-state index in [1.165, 1.54) is 27.8 Å². The number of rotatable bonds is 7. The Bertz CT molecular complexity index is 2350. The predicted octanol–water partition coefficient (Wildman–Crippen LogP) is 5.24. The molecule has 17 heteroatoms. The second kappa shape index (κ2) is 13.1. The topological polar surface area (TPSA) is 151 Å². The first-order valence-electron chi connectivity index (χ1n) is 15.8. The Morgan fingerprint density at radius 3 is 2.49 bits per heavy atom. The van der Waals surface area contributed by atoms with Crippen molar-refractivity contribution in [1.29, 1.82) is 0 Å². The molecule has 0 atom stereocenters. The summed E-state index contributed by atoms with van der Waals surface area (Å²) in [7, 11) is 0. The summed E-state index contributed by atoms with van der Waals surface area (Å²) >= 11 is 6.12. The van der Waals surface area contributed by atoms with Crippen LogP contribution in [0, 0.1) is 0 Å². The van der Waals surface area contributed by atoms with Gasteiger partial charge in [-0.3, -0.25) is 14.4 Å². The summed E-state index contributed by atoms with van der Waals surface area (Å²) in [6, 6.07) is 14.5. The van der Waals surface area contributed by atoms with Crippen molar-refractivity contribution < 1.29 is 32.3 Å². The number of nitrogens with one attached hydrogen (secondary N) is 1. The number of hydrogen-bond donors (Lipinski definition) is 2. The fourth-order valence-corrected chi connectivity index (χ4v) is 6.32. The average molecular weight is 721 g/mol. The Morgan fingerprint density at radius 1 is 1.04 bits per heavy atom. The van der Waals surface area contributed by atoms with Gasteiger partial charge in [-0.2, -0.15) is 22.7 Å². The molecular formula is C34H28ClF3N8O5. The standard InChI is InChI=1S/C34H28ClF3N8O5/c1-2-23-29(43-12-14-44(15-13-43)31(49)28-24(47)7-5-11-39-28)32(50)46-33(41-30(42-46)26-16-19-6-3-4-8-25(19)51-26)45(23)18-27(48)40-22-10-9-20(17-21(22)35)34(36,37)38/h3-11,16-17,47H,2,12-15,18H2,1H3,(H,40,48). The van der Waals surface area contributed by atoms with Crippen LogP contribution in [-0.2, 0) is 23.9 Å². The van der Waals surface area contributed by atoms with Crippen LogP contribution >= 0.6 is 11.6 Å². The van der Waals surface area contributed by atoms with Crippen molar-refractivity contribution >= 4 is 51.5 Å². The number of aromatic nitrogens is 5. The van der Waals surface area contributed by atoms with Crippen LogP contribution in [0.1, 0.15) is 28.7 Å². The summed E-state index contributed by atoms with van der Waals surface area (Å²) in [5.74, 6) is -0.939. The number of amides is 2. The molecule has 5 heterocycles. The van der Waals surface area contributed by atoms with E-state index in [1.807, 2.05) is 18.2 Å². The number of anilines is 2. The molecule has 1 fully saturated rings. The Hall–Kier alpha value is -5.90. The minimum atomic E-state index is -4.62. The maximum Gasteiger partial charge on any atom is 0.416 e. The Kier molecular flexibility index (Phi) is 8.62. The number of carbonyl (C=O) groups is 2. The lowest BCUT2D eigenvalue weighted by molar-refractivity contribution is -0.137. The third-order valence-corrected chi connectivity index (χ3v) is 8.86. The molecular weight excluding hydrogens is 693 g/mol. The molecule has 4 aromatic heterocycles. The summed E-state index contributed by atoms with van der Waals surface area (Å²) in [5.41, 5.74) is -0.341. The van der Waals surface area contributed by atoms with Crippen LogP contribution in [0.3, 0.4) is 0 Å². The molecule has 0 spiro atoms. The molecule has 2 aromatic carbocycles. The largest absolute Gasteiger partial charge is 0.505 e. The maximum atomic E-state index is 14.2. The molecule has 0 saturated carbocycles. The van der Waals surface area contributed by atoms with E-state index in [4.69, 9.17) is 16.0 Å². The number of alkyl halides is 3. The second-order valence-corrected chi connectivity index (χ2v) is 12.1. The van der Waals surface area contributed by atoms with Crippen LogP contribution in [0.4, 0.5) is 24.5 Å². The van der Waals surface area contributed by atoms with Crippen LogP contribution < -0.4 is 15.8 Å². The van der Waals surface area contributed by atoms with Gasteiger partial charge in [-0.1, -0.05) is 36.7 Å². The molecule has 0 unspecified atom stereocenters. The molecule has 0 radical (unpaired) electrons. The van der Waals surface area contributed by atoms with Crippen molar-refractivity contribution in [2.45, 2.75) is 26.1 Å². The Balaban J connectivity index is 1.26. The van der Waals surface area contributed by atoms with E-state index >= 15 is 0 Å². The molecule has 6 aromatic rings. The lowest BCUT2D eigenvalue weighted by atomic mass is 10.2. The molecule has 2 N–H and O–H groups in total. The quantitative estimate of drug-likeness (QED) is 0.226. The van der Waals surface area contributed by atoms with Gasteiger partial charge >= 0.3 is 6.18 Å². The third-order valence-electron chi connectivity index (χ3n) is 8.55. The van der Waals surface area contributed by atoms with E-state index in [-0.39, 0.29) is 77.8 Å². The van der Waals surface area contributed by atoms with Crippen molar-refractivity contribution in [3.63, 3.8) is 0 Å². The summed E-state index contributed by atoms with van der Waals surface area (Å²) < 4.78 is 48.2. The zero-order chi connectivity index (χ0) is 36.0. The van der Waals surface area contributed by atoms with Crippen LogP contribution in [0.25, 0.3) is 28.3 Å². The van der Waals surface area contributed by atoms with Crippen molar-refractivity contribution in [3.05, 3.63) is 99.2 Å². The summed E-state index contributed by atoms with van der Waals surface area (Å²) in [4.78, 5) is 52.8. The summed E-state index contributed by atoms with van der Waals surface area (Å²) in [6.45, 7) is 2.24. The van der Waals surface area contributed by atoms with Gasteiger partial charge in [-0.05, 0) is 48.9 Å². The van der Waals surface area contributed by atoms with E-state index < -0.39 is 35.7 Å². The molecule has 1 saturated heterocycles. The van der Waals surface area contributed by atoms with Gasteiger partial charge < -0.3 is 29.2 Å². The maximum absolute atomic E-state index is 14.2. The molecule has 7 rings (SSSR count). The van der Waals surface area contributed by atoms with E-state index in [1.54, 1.807) is 24.0 Å². The second-order valence-electron chi connectivity index (χ2n) is 11.7. The summed E-state index contributed by atoms with van der Waals surface area (Å²) in [6.07, 6.45) is -2.94. The Labute approximate surface area is 291 Å². The van der Waals surface area contributed by atoms with Crippen LogP contribution in [0.2, 0.25) is 5.02 Å². The number of nitrogens with zero attached hydrogens (tertiary/aromatic N) is 7. The number of piperazine rings is 1. The van der Waals surface area contributed by atoms with Gasteiger partial charge in [-0.25, -0.2) is 4.98 Å². The van der Waals surface area contributed by atoms with E-state index in [2.05, 4.69) is 20.4 Å². The predicted molar refractivity (Wildman–Crippen MR) is 181 cm³/mol. The molecule has 1 aliphatic heterocycles. The molecule has 1 aliphatic rings. The number of para-hydroxylation sites is 1. The SMILES string of the molecule is CCc1c(N2CCN(C(=O)c3ncccc3O)CC2)c(=O)n2nc(-c3cc4ccccc4o3)nc2n1CC(=O)Nc1ccc(C(F)(F)F)cc1Cl. The minimum absolute atomic E-state index is 0.0316. The van der Waals surface area contributed by atoms with Gasteiger partial charge in [0.2, 0.25) is 17.5 Å². The van der Waals surface area contributed by atoms with Gasteiger partial charge in [0, 0.05) is 37.8 Å². The fourth-order valence-electron chi connectivity index (χ4n) is 6.10. The van der Waals surface area contributed by atoms with Gasteiger partial charge in [0.25, 0.3) is 11.5 Å². The monoisotopic (exact) mass is 720 g/mol. The zero-order valence-corrected chi connectivity index (χ0v) is 27.6. The number of furan rings is 1. The van der Waals surface area contributed by atoms with Gasteiger partial charge in [0.1, 0.15) is 23.6 Å². The number of carbonyl (C=O) groups excluding carboxylic acids is 2. The molecule has 0 bridgehead atoms. The highest BCUT2D eigenvalue weighted by Gasteiger charge is 2.32. The van der Waals surface area contributed by atoms with Crippen molar-refractivity contribution in [1.82, 2.24) is 29.0 Å². The molecule has 262 valence electrons. The first-order valence-corrected chi connectivity index (χ1v) is 16.2. The van der Waals surface area contributed by atoms with E-state index in [0.717, 1.165) is 28.1 Å². The number of benzene rings is 2. The molecule has 0 aliphatic carbocycles. The highest BCUT2D eigenvalue weighted by Crippen LogP contribution is 2.34. The number of aromatic hydroxyl groups is 1. The lowest BCUT2D eigenvalue weighted by Crippen LogP contribution is -2.51. The van der Waals surface area contributed by atoms with E-state index in [0.29, 0.717) is 11.3 Å². The average Bonchev–Trinajstić information content (AvgIpc) is 3.75. The van der Waals surface area contributed by atoms with Gasteiger partial charge in [0.15, 0.2) is 11.5 Å². The number of halogens is 4. The van der Waals surface area contributed by atoms with E-state index in [9.17, 15) is 32.7 Å². The smallest absolute Gasteiger partial charge is 0.416 e. The molecule has 51 heavy (non-hydrogen) atoms. The van der Waals surface area contributed by atoms with Crippen molar-refractivity contribution in [3.8, 4) is 17.3 Å². The highest BCUT2D eigenvalue weighted by molar-refractivity contribution is 6.33. The molecule has 13 nitrogen and oxygen atoms in total. The summed E-state index contributed by atoms with van der Waals surface area (Å²) in [5, 5.41) is 17.7. The highest BCUT2D eigenvalue weighted by atomic mass is 35.5. The van der Waals surface area contributed by atoms with Crippen LogP contribution in [0.5, 0.6) is 5.75 Å². The number of hydrogen-bond acceptors (Lipinski definition) is 9. The zero-order valence-electron chi connectivity index (χ0n) is 26.8.